The molecule has 0 unspecified atom stereocenters. The first-order valence-electron chi connectivity index (χ1n) is 2.65. The standard InChI is InChI=1S/C6H6N2Si/c7-4-5-1-2-8-6(9)3-5/h1-3H,9H3. The maximum atomic E-state index is 8.40. The fourth-order valence-electron chi connectivity index (χ4n) is 0.615. The minimum absolute atomic E-state index is 0.704. The number of nitrogens with zero attached hydrogens (tertiary/aromatic N) is 2. The quantitative estimate of drug-likeness (QED) is 0.424. The van der Waals surface area contributed by atoms with Gasteiger partial charge in [0.2, 0.25) is 0 Å². The van der Waals surface area contributed by atoms with E-state index in [0.717, 1.165) is 15.6 Å². The fourth-order valence-corrected chi connectivity index (χ4v) is 1.08. The highest BCUT2D eigenvalue weighted by molar-refractivity contribution is 6.30. The van der Waals surface area contributed by atoms with Crippen LogP contribution in [0.2, 0.25) is 0 Å². The van der Waals surface area contributed by atoms with Gasteiger partial charge in [-0.1, -0.05) is 0 Å². The molecule has 1 aromatic rings. The molecule has 0 saturated heterocycles. The summed E-state index contributed by atoms with van der Waals surface area (Å²) in [6.45, 7) is 0. The van der Waals surface area contributed by atoms with Crippen molar-refractivity contribution in [2.45, 2.75) is 0 Å². The Morgan fingerprint density at radius 1 is 1.67 bits per heavy atom. The predicted octanol–water partition coefficient (Wildman–Crippen LogP) is -1.06. The molecule has 0 fully saturated rings. The first-order valence-corrected chi connectivity index (χ1v) is 3.65. The number of aromatic nitrogens is 1. The van der Waals surface area contributed by atoms with Gasteiger partial charge in [-0.25, -0.2) is 0 Å². The van der Waals surface area contributed by atoms with E-state index in [1.54, 1.807) is 12.3 Å². The molecule has 0 radical (unpaired) electrons. The lowest BCUT2D eigenvalue weighted by Gasteiger charge is -1.88. The molecule has 1 rings (SSSR count). The van der Waals surface area contributed by atoms with Gasteiger partial charge in [0.25, 0.3) is 0 Å². The highest BCUT2D eigenvalue weighted by Gasteiger charge is 1.87. The number of nitriles is 1. The maximum absolute atomic E-state index is 8.40. The second kappa shape index (κ2) is 2.42. The summed E-state index contributed by atoms with van der Waals surface area (Å²) in [4.78, 5) is 4.00. The van der Waals surface area contributed by atoms with E-state index < -0.39 is 0 Å². The van der Waals surface area contributed by atoms with Crippen molar-refractivity contribution >= 4 is 15.6 Å². The van der Waals surface area contributed by atoms with Gasteiger partial charge in [0.15, 0.2) is 0 Å². The molecule has 44 valence electrons. The largest absolute Gasteiger partial charge is 0.267 e. The number of rotatable bonds is 0. The van der Waals surface area contributed by atoms with Crippen LogP contribution in [0.1, 0.15) is 5.56 Å². The second-order valence-electron chi connectivity index (χ2n) is 1.80. The Morgan fingerprint density at radius 3 is 2.89 bits per heavy atom. The smallest absolute Gasteiger partial charge is 0.0992 e. The van der Waals surface area contributed by atoms with Crippen LogP contribution in [0, 0.1) is 11.3 Å². The lowest BCUT2D eigenvalue weighted by molar-refractivity contribution is 1.36. The van der Waals surface area contributed by atoms with Crippen molar-refractivity contribution in [3.05, 3.63) is 23.9 Å². The molecule has 0 N–H and O–H groups in total. The number of hydrogen-bond donors (Lipinski definition) is 0. The molecule has 0 aliphatic carbocycles. The average molecular weight is 134 g/mol. The Morgan fingerprint density at radius 2 is 2.44 bits per heavy atom. The van der Waals surface area contributed by atoms with Crippen molar-refractivity contribution in [2.24, 2.45) is 0 Å². The van der Waals surface area contributed by atoms with Gasteiger partial charge in [0, 0.05) is 11.5 Å². The summed E-state index contributed by atoms with van der Waals surface area (Å²) in [7, 11) is 0.915. The first-order chi connectivity index (χ1) is 4.33. The van der Waals surface area contributed by atoms with E-state index in [9.17, 15) is 0 Å². The molecular formula is C6H6N2Si. The molecule has 0 aromatic carbocycles. The summed E-state index contributed by atoms with van der Waals surface area (Å²) < 4.78 is 0. The Balaban J connectivity index is 3.12. The molecule has 0 saturated carbocycles. The highest BCUT2D eigenvalue weighted by atomic mass is 28.1. The van der Waals surface area contributed by atoms with Gasteiger partial charge in [-0.3, -0.25) is 4.98 Å². The van der Waals surface area contributed by atoms with Crippen LogP contribution >= 0.6 is 0 Å². The molecule has 0 atom stereocenters. The van der Waals surface area contributed by atoms with E-state index in [0.29, 0.717) is 5.56 Å². The lowest BCUT2D eigenvalue weighted by atomic mass is 10.3. The van der Waals surface area contributed by atoms with Crippen molar-refractivity contribution in [1.82, 2.24) is 4.98 Å². The van der Waals surface area contributed by atoms with Gasteiger partial charge < -0.3 is 0 Å². The van der Waals surface area contributed by atoms with Crippen molar-refractivity contribution in [3.63, 3.8) is 0 Å². The third kappa shape index (κ3) is 1.37. The summed E-state index contributed by atoms with van der Waals surface area (Å²) in [5, 5.41) is 9.42. The van der Waals surface area contributed by atoms with Crippen LogP contribution in [0.3, 0.4) is 0 Å². The van der Waals surface area contributed by atoms with Gasteiger partial charge in [0.05, 0.1) is 21.9 Å². The van der Waals surface area contributed by atoms with Gasteiger partial charge >= 0.3 is 0 Å². The minimum atomic E-state index is 0.704. The van der Waals surface area contributed by atoms with Gasteiger partial charge in [-0.15, -0.1) is 0 Å². The molecule has 3 heteroatoms. The van der Waals surface area contributed by atoms with E-state index in [1.807, 2.05) is 6.07 Å². The monoisotopic (exact) mass is 134 g/mol. The molecule has 0 amide bonds. The van der Waals surface area contributed by atoms with Gasteiger partial charge in [-0.2, -0.15) is 5.26 Å². The summed E-state index contributed by atoms with van der Waals surface area (Å²) >= 11 is 0. The van der Waals surface area contributed by atoms with E-state index in [2.05, 4.69) is 11.1 Å². The molecule has 0 spiro atoms. The van der Waals surface area contributed by atoms with E-state index in [-0.39, 0.29) is 0 Å². The minimum Gasteiger partial charge on any atom is -0.267 e. The molecule has 0 aliphatic rings. The zero-order chi connectivity index (χ0) is 6.69. The van der Waals surface area contributed by atoms with Crippen LogP contribution in [-0.2, 0) is 0 Å². The molecule has 2 nitrogen and oxygen atoms in total. The van der Waals surface area contributed by atoms with Gasteiger partial charge in [0.1, 0.15) is 0 Å². The first kappa shape index (κ1) is 5.98. The topological polar surface area (TPSA) is 36.7 Å². The Hall–Kier alpha value is -1.14. The fraction of sp³-hybridized carbons (Fsp3) is 0. The van der Waals surface area contributed by atoms with E-state index >= 15 is 0 Å². The van der Waals surface area contributed by atoms with Crippen molar-refractivity contribution in [3.8, 4) is 6.07 Å². The van der Waals surface area contributed by atoms with Crippen molar-refractivity contribution < 1.29 is 0 Å². The predicted molar refractivity (Wildman–Crippen MR) is 38.5 cm³/mol. The number of hydrogen-bond acceptors (Lipinski definition) is 2. The van der Waals surface area contributed by atoms with Crippen LogP contribution < -0.4 is 5.32 Å². The highest BCUT2D eigenvalue weighted by Crippen LogP contribution is 1.87. The number of pyridine rings is 1. The van der Waals surface area contributed by atoms with Crippen LogP contribution in [0.15, 0.2) is 18.3 Å². The molecule has 0 aliphatic heterocycles. The van der Waals surface area contributed by atoms with Crippen LogP contribution in [-0.4, -0.2) is 15.2 Å². The van der Waals surface area contributed by atoms with Crippen molar-refractivity contribution in [1.29, 1.82) is 5.26 Å². The third-order valence-electron chi connectivity index (χ3n) is 1.03. The third-order valence-corrected chi connectivity index (χ3v) is 1.57. The summed E-state index contributed by atoms with van der Waals surface area (Å²) in [6.07, 6.45) is 1.67. The Kier molecular flexibility index (Phi) is 1.61. The molecule has 1 aromatic heterocycles. The SMILES string of the molecule is N#Cc1ccnc([SiH3])c1. The zero-order valence-corrected chi connectivity index (χ0v) is 7.13. The van der Waals surface area contributed by atoms with E-state index in [4.69, 9.17) is 5.26 Å². The molecule has 0 bridgehead atoms. The molecule has 9 heavy (non-hydrogen) atoms. The van der Waals surface area contributed by atoms with Crippen LogP contribution in [0.4, 0.5) is 0 Å². The van der Waals surface area contributed by atoms with Gasteiger partial charge in [-0.05, 0) is 12.1 Å². The van der Waals surface area contributed by atoms with Crippen LogP contribution in [0.25, 0.3) is 0 Å². The molecular weight excluding hydrogens is 128 g/mol. The Bertz CT molecular complexity index is 251. The van der Waals surface area contributed by atoms with Crippen molar-refractivity contribution in [2.75, 3.05) is 0 Å². The molecule has 1 heterocycles. The summed E-state index contributed by atoms with van der Waals surface area (Å²) in [5.74, 6) is 0. The lowest BCUT2D eigenvalue weighted by Crippen LogP contribution is -2.06. The normalized spacial score (nSPS) is 8.78. The average Bonchev–Trinajstić information content (AvgIpc) is 1.88. The van der Waals surface area contributed by atoms with E-state index in [1.165, 1.54) is 0 Å². The maximum Gasteiger partial charge on any atom is 0.0992 e. The second-order valence-corrected chi connectivity index (χ2v) is 2.82. The van der Waals surface area contributed by atoms with Crippen LogP contribution in [0.5, 0.6) is 0 Å². The summed E-state index contributed by atoms with van der Waals surface area (Å²) in [6, 6.07) is 5.57. The zero-order valence-electron chi connectivity index (χ0n) is 5.13. The summed E-state index contributed by atoms with van der Waals surface area (Å²) in [5.41, 5.74) is 0.704. The Labute approximate surface area is 56.6 Å².